The van der Waals surface area contributed by atoms with E-state index in [1.807, 2.05) is 6.20 Å². The van der Waals surface area contributed by atoms with Crippen LogP contribution < -0.4 is 0 Å². The summed E-state index contributed by atoms with van der Waals surface area (Å²) in [5.74, 6) is 0.964. The van der Waals surface area contributed by atoms with Gasteiger partial charge in [-0.3, -0.25) is 0 Å². The number of rotatable bonds is 2. The van der Waals surface area contributed by atoms with E-state index >= 15 is 0 Å². The van der Waals surface area contributed by atoms with Crippen LogP contribution in [0, 0.1) is 6.92 Å². The van der Waals surface area contributed by atoms with Gasteiger partial charge in [0.1, 0.15) is 5.82 Å². The fourth-order valence-electron chi connectivity index (χ4n) is 2.70. The van der Waals surface area contributed by atoms with E-state index < -0.39 is 0 Å². The summed E-state index contributed by atoms with van der Waals surface area (Å²) in [6, 6.07) is 2.11. The lowest BCUT2D eigenvalue weighted by Gasteiger charge is -2.20. The van der Waals surface area contributed by atoms with Crippen molar-refractivity contribution in [2.45, 2.75) is 38.8 Å². The highest BCUT2D eigenvalue weighted by molar-refractivity contribution is 5.32. The Kier molecular flexibility index (Phi) is 2.52. The van der Waals surface area contributed by atoms with Crippen molar-refractivity contribution in [1.82, 2.24) is 14.5 Å². The molecule has 0 fully saturated rings. The summed E-state index contributed by atoms with van der Waals surface area (Å²) in [6.07, 6.45) is 6.34. The van der Waals surface area contributed by atoms with E-state index in [4.69, 9.17) is 0 Å². The lowest BCUT2D eigenvalue weighted by molar-refractivity contribution is 0.155. The molecule has 1 aliphatic carbocycles. The number of aliphatic hydroxyl groups is 1. The Hall–Kier alpha value is -1.55. The molecular formula is C13H17N3O. The van der Waals surface area contributed by atoms with Crippen molar-refractivity contribution in [2.24, 2.45) is 0 Å². The molecule has 2 N–H and O–H groups in total. The second-order valence-corrected chi connectivity index (χ2v) is 4.72. The fourth-order valence-corrected chi connectivity index (χ4v) is 2.70. The molecule has 2 heterocycles. The van der Waals surface area contributed by atoms with Crippen LogP contribution in [0.2, 0.25) is 0 Å². The number of aliphatic hydroxyl groups excluding tert-OH is 1. The maximum absolute atomic E-state index is 9.99. The van der Waals surface area contributed by atoms with Gasteiger partial charge >= 0.3 is 0 Å². The van der Waals surface area contributed by atoms with E-state index in [1.54, 1.807) is 6.20 Å². The molecule has 0 spiro atoms. The Morgan fingerprint density at radius 1 is 1.59 bits per heavy atom. The van der Waals surface area contributed by atoms with Crippen LogP contribution >= 0.6 is 0 Å². The summed E-state index contributed by atoms with van der Waals surface area (Å²) in [6.45, 7) is 2.86. The van der Waals surface area contributed by atoms with Crippen LogP contribution in [-0.4, -0.2) is 19.6 Å². The molecule has 17 heavy (non-hydrogen) atoms. The first-order valence-electron chi connectivity index (χ1n) is 6.11. The molecule has 90 valence electrons. The molecule has 0 saturated heterocycles. The van der Waals surface area contributed by atoms with Crippen LogP contribution in [0.5, 0.6) is 0 Å². The summed E-state index contributed by atoms with van der Waals surface area (Å²) in [7, 11) is 0. The van der Waals surface area contributed by atoms with E-state index in [0.29, 0.717) is 0 Å². The first-order valence-corrected chi connectivity index (χ1v) is 6.11. The van der Waals surface area contributed by atoms with Crippen LogP contribution in [0.1, 0.15) is 41.7 Å². The number of aryl methyl sites for hydroxylation is 1. The number of nitrogens with one attached hydrogen (secondary N) is 1. The minimum atomic E-state index is -0.282. The molecule has 2 aromatic heterocycles. The molecule has 4 nitrogen and oxygen atoms in total. The fraction of sp³-hybridized carbons (Fsp3) is 0.462. The monoisotopic (exact) mass is 231 g/mol. The number of imidazole rings is 1. The zero-order chi connectivity index (χ0) is 11.8. The summed E-state index contributed by atoms with van der Waals surface area (Å²) in [5.41, 5.74) is 3.59. The van der Waals surface area contributed by atoms with Crippen LogP contribution in [0.25, 0.3) is 0 Å². The average Bonchev–Trinajstić information content (AvgIpc) is 2.91. The molecule has 1 unspecified atom stereocenters. The lowest BCUT2D eigenvalue weighted by atomic mass is 9.95. The minimum Gasteiger partial charge on any atom is -0.388 e. The average molecular weight is 231 g/mol. The summed E-state index contributed by atoms with van der Waals surface area (Å²) in [5, 5.41) is 9.99. The van der Waals surface area contributed by atoms with Gasteiger partial charge in [-0.25, -0.2) is 4.98 Å². The normalized spacial score (nSPS) is 19.3. The molecule has 0 amide bonds. The van der Waals surface area contributed by atoms with E-state index in [0.717, 1.165) is 37.2 Å². The van der Waals surface area contributed by atoms with Crippen molar-refractivity contribution >= 4 is 0 Å². The van der Waals surface area contributed by atoms with Crippen molar-refractivity contribution in [3.63, 3.8) is 0 Å². The largest absolute Gasteiger partial charge is 0.388 e. The molecule has 0 aromatic carbocycles. The Labute approximate surface area is 100 Å². The highest BCUT2D eigenvalue weighted by Crippen LogP contribution is 2.32. The quantitative estimate of drug-likeness (QED) is 0.830. The number of aromatic nitrogens is 3. The van der Waals surface area contributed by atoms with Gasteiger partial charge in [-0.05, 0) is 32.3 Å². The van der Waals surface area contributed by atoms with Crippen molar-refractivity contribution in [1.29, 1.82) is 0 Å². The standard InChI is InChI=1S/C13H17N3O/c1-9-7-10-11(3-2-4-12(10)17)16(9)8-13-14-5-6-15-13/h5-7,12,17H,2-4,8H2,1H3,(H,14,15). The SMILES string of the molecule is Cc1cc2c(n1Cc1ncc[nH]1)CCCC2O. The Bertz CT molecular complexity index is 513. The van der Waals surface area contributed by atoms with Gasteiger partial charge in [0.2, 0.25) is 0 Å². The summed E-state index contributed by atoms with van der Waals surface area (Å²) < 4.78 is 2.26. The third-order valence-electron chi connectivity index (χ3n) is 3.56. The smallest absolute Gasteiger partial charge is 0.126 e. The number of hydrogen-bond acceptors (Lipinski definition) is 2. The minimum absolute atomic E-state index is 0.282. The second-order valence-electron chi connectivity index (χ2n) is 4.72. The van der Waals surface area contributed by atoms with Crippen molar-refractivity contribution in [2.75, 3.05) is 0 Å². The number of aromatic amines is 1. The van der Waals surface area contributed by atoms with Crippen LogP contribution in [-0.2, 0) is 13.0 Å². The molecule has 0 radical (unpaired) electrons. The topological polar surface area (TPSA) is 53.8 Å². The number of fused-ring (bicyclic) bond motifs is 1. The lowest BCUT2D eigenvalue weighted by Crippen LogP contribution is -2.13. The molecule has 0 aliphatic heterocycles. The summed E-state index contributed by atoms with van der Waals surface area (Å²) in [4.78, 5) is 7.39. The van der Waals surface area contributed by atoms with Crippen LogP contribution in [0.15, 0.2) is 18.5 Å². The van der Waals surface area contributed by atoms with Gasteiger partial charge in [-0.15, -0.1) is 0 Å². The predicted octanol–water partition coefficient (Wildman–Crippen LogP) is 1.94. The first kappa shape index (κ1) is 10.6. The van der Waals surface area contributed by atoms with Gasteiger partial charge in [-0.1, -0.05) is 0 Å². The number of H-pyrrole nitrogens is 1. The summed E-state index contributed by atoms with van der Waals surface area (Å²) >= 11 is 0. The van der Waals surface area contributed by atoms with Crippen molar-refractivity contribution in [3.8, 4) is 0 Å². The third-order valence-corrected chi connectivity index (χ3v) is 3.56. The third kappa shape index (κ3) is 1.78. The van der Waals surface area contributed by atoms with Gasteiger partial charge in [0.05, 0.1) is 12.6 Å². The maximum Gasteiger partial charge on any atom is 0.126 e. The molecule has 4 heteroatoms. The zero-order valence-corrected chi connectivity index (χ0v) is 9.98. The molecule has 1 atom stereocenters. The highest BCUT2D eigenvalue weighted by Gasteiger charge is 2.23. The highest BCUT2D eigenvalue weighted by atomic mass is 16.3. The zero-order valence-electron chi connectivity index (χ0n) is 9.98. The van der Waals surface area contributed by atoms with Gasteiger partial charge in [0.15, 0.2) is 0 Å². The van der Waals surface area contributed by atoms with Gasteiger partial charge in [-0.2, -0.15) is 0 Å². The van der Waals surface area contributed by atoms with Gasteiger partial charge in [0, 0.05) is 29.3 Å². The van der Waals surface area contributed by atoms with E-state index in [2.05, 4.69) is 27.5 Å². The van der Waals surface area contributed by atoms with Gasteiger partial charge in [0.25, 0.3) is 0 Å². The van der Waals surface area contributed by atoms with E-state index in [-0.39, 0.29) is 6.10 Å². The molecule has 2 aromatic rings. The second kappa shape index (κ2) is 4.04. The van der Waals surface area contributed by atoms with Crippen molar-refractivity contribution in [3.05, 3.63) is 41.2 Å². The molecule has 0 bridgehead atoms. The Morgan fingerprint density at radius 3 is 3.24 bits per heavy atom. The van der Waals surface area contributed by atoms with E-state index in [1.165, 1.54) is 11.4 Å². The molecular weight excluding hydrogens is 214 g/mol. The van der Waals surface area contributed by atoms with Crippen LogP contribution in [0.3, 0.4) is 0 Å². The van der Waals surface area contributed by atoms with Crippen molar-refractivity contribution < 1.29 is 5.11 Å². The van der Waals surface area contributed by atoms with Gasteiger partial charge < -0.3 is 14.7 Å². The molecule has 1 aliphatic rings. The molecule has 0 saturated carbocycles. The Morgan fingerprint density at radius 2 is 2.47 bits per heavy atom. The first-order chi connectivity index (χ1) is 8.25. The van der Waals surface area contributed by atoms with Crippen LogP contribution in [0.4, 0.5) is 0 Å². The number of hydrogen-bond donors (Lipinski definition) is 2. The van der Waals surface area contributed by atoms with E-state index in [9.17, 15) is 5.11 Å². The Balaban J connectivity index is 1.99. The predicted molar refractivity (Wildman–Crippen MR) is 64.8 cm³/mol. The molecule has 3 rings (SSSR count). The maximum atomic E-state index is 9.99. The number of nitrogens with zero attached hydrogens (tertiary/aromatic N) is 2.